The van der Waals surface area contributed by atoms with E-state index < -0.39 is 0 Å². The molecule has 2 nitrogen and oxygen atoms in total. The molecule has 0 radical (unpaired) electrons. The molecule has 0 unspecified atom stereocenters. The van der Waals surface area contributed by atoms with E-state index in [4.69, 9.17) is 4.74 Å². The molecule has 3 aromatic rings. The minimum Gasteiger partial charge on any atom is -0.457 e. The Bertz CT molecular complexity index is 747. The first-order chi connectivity index (χ1) is 11.3. The van der Waals surface area contributed by atoms with E-state index in [0.29, 0.717) is 12.2 Å². The first-order valence-corrected chi connectivity index (χ1v) is 7.65. The highest BCUT2D eigenvalue weighted by molar-refractivity contribution is 5.89. The fraction of sp³-hybridized carbons (Fsp3) is 0.0952. The summed E-state index contributed by atoms with van der Waals surface area (Å²) in [7, 11) is 0. The Kier molecular flexibility index (Phi) is 4.85. The van der Waals surface area contributed by atoms with E-state index in [1.807, 2.05) is 48.5 Å². The molecule has 3 aromatic carbocycles. The minimum absolute atomic E-state index is 0.291. The molecule has 0 atom stereocenters. The Morgan fingerprint density at radius 1 is 0.652 bits per heavy atom. The number of carbonyl (C=O) groups excluding carboxylic acids is 1. The second-order valence-corrected chi connectivity index (χ2v) is 5.42. The molecule has 0 N–H and O–H groups in total. The van der Waals surface area contributed by atoms with Crippen molar-refractivity contribution in [2.45, 2.75) is 13.0 Å². The zero-order valence-corrected chi connectivity index (χ0v) is 12.8. The molecule has 3 rings (SSSR count). The molecule has 0 aromatic heterocycles. The van der Waals surface area contributed by atoms with E-state index in [1.54, 1.807) is 12.1 Å². The Morgan fingerprint density at radius 3 is 1.83 bits per heavy atom. The normalized spacial score (nSPS) is 10.3. The van der Waals surface area contributed by atoms with Gasteiger partial charge in [0.05, 0.1) is 5.56 Å². The maximum atomic E-state index is 11.9. The van der Waals surface area contributed by atoms with Gasteiger partial charge >= 0.3 is 5.97 Å². The highest BCUT2D eigenvalue weighted by Gasteiger charge is 2.06. The first kappa shape index (κ1) is 15.0. The van der Waals surface area contributed by atoms with Crippen molar-refractivity contribution in [3.05, 3.63) is 107 Å². The molecule has 0 saturated carbocycles. The molecule has 0 saturated heterocycles. The molecular formula is C21H18O2. The molecule has 0 fully saturated rings. The zero-order valence-electron chi connectivity index (χ0n) is 12.8. The average molecular weight is 302 g/mol. The van der Waals surface area contributed by atoms with Crippen molar-refractivity contribution < 1.29 is 9.53 Å². The van der Waals surface area contributed by atoms with Gasteiger partial charge in [0, 0.05) is 0 Å². The molecular weight excluding hydrogens is 284 g/mol. The van der Waals surface area contributed by atoms with Gasteiger partial charge in [-0.25, -0.2) is 4.79 Å². The third-order valence-electron chi connectivity index (χ3n) is 3.65. The Labute approximate surface area is 136 Å². The molecule has 0 amide bonds. The van der Waals surface area contributed by atoms with E-state index in [0.717, 1.165) is 12.0 Å². The number of hydrogen-bond acceptors (Lipinski definition) is 2. The van der Waals surface area contributed by atoms with Gasteiger partial charge in [-0.3, -0.25) is 0 Å². The molecule has 0 aliphatic heterocycles. The van der Waals surface area contributed by atoms with Crippen LogP contribution in [0.25, 0.3) is 0 Å². The van der Waals surface area contributed by atoms with Crippen LogP contribution in [0.2, 0.25) is 0 Å². The highest BCUT2D eigenvalue weighted by atomic mass is 16.5. The van der Waals surface area contributed by atoms with Crippen molar-refractivity contribution in [1.82, 2.24) is 0 Å². The molecule has 23 heavy (non-hydrogen) atoms. The Hall–Kier alpha value is -2.87. The summed E-state index contributed by atoms with van der Waals surface area (Å²) >= 11 is 0. The van der Waals surface area contributed by atoms with Gasteiger partial charge < -0.3 is 4.74 Å². The SMILES string of the molecule is O=C(OCc1ccc(Cc2ccccc2)cc1)c1ccccc1. The largest absolute Gasteiger partial charge is 0.457 e. The van der Waals surface area contributed by atoms with Crippen LogP contribution >= 0.6 is 0 Å². The average Bonchev–Trinajstić information content (AvgIpc) is 2.62. The zero-order chi connectivity index (χ0) is 15.9. The van der Waals surface area contributed by atoms with Crippen LogP contribution in [0.3, 0.4) is 0 Å². The Morgan fingerprint density at radius 2 is 1.17 bits per heavy atom. The number of rotatable bonds is 5. The fourth-order valence-electron chi connectivity index (χ4n) is 2.39. The van der Waals surface area contributed by atoms with E-state index >= 15 is 0 Å². The van der Waals surface area contributed by atoms with Gasteiger partial charge in [0.25, 0.3) is 0 Å². The molecule has 0 spiro atoms. The van der Waals surface area contributed by atoms with Gasteiger partial charge in [-0.05, 0) is 35.2 Å². The summed E-state index contributed by atoms with van der Waals surface area (Å²) < 4.78 is 5.33. The van der Waals surface area contributed by atoms with Crippen molar-refractivity contribution in [3.63, 3.8) is 0 Å². The van der Waals surface area contributed by atoms with Gasteiger partial charge in [0.1, 0.15) is 6.61 Å². The monoisotopic (exact) mass is 302 g/mol. The summed E-state index contributed by atoms with van der Waals surface area (Å²) in [6, 6.07) is 27.6. The van der Waals surface area contributed by atoms with Crippen molar-refractivity contribution >= 4 is 5.97 Å². The third kappa shape index (κ3) is 4.30. The quantitative estimate of drug-likeness (QED) is 0.642. The lowest BCUT2D eigenvalue weighted by Gasteiger charge is -2.06. The molecule has 2 heteroatoms. The van der Waals surface area contributed by atoms with Crippen LogP contribution in [0, 0.1) is 0 Å². The predicted molar refractivity (Wildman–Crippen MR) is 91.3 cm³/mol. The lowest BCUT2D eigenvalue weighted by molar-refractivity contribution is 0.0472. The van der Waals surface area contributed by atoms with E-state index in [9.17, 15) is 4.79 Å². The van der Waals surface area contributed by atoms with Gasteiger partial charge in [-0.2, -0.15) is 0 Å². The van der Waals surface area contributed by atoms with Crippen molar-refractivity contribution in [1.29, 1.82) is 0 Å². The molecule has 114 valence electrons. The van der Waals surface area contributed by atoms with Crippen LogP contribution < -0.4 is 0 Å². The van der Waals surface area contributed by atoms with Gasteiger partial charge in [-0.1, -0.05) is 72.8 Å². The summed E-state index contributed by atoms with van der Waals surface area (Å²) in [4.78, 5) is 11.9. The lowest BCUT2D eigenvalue weighted by atomic mass is 10.0. The van der Waals surface area contributed by atoms with Crippen LogP contribution in [-0.2, 0) is 17.8 Å². The van der Waals surface area contributed by atoms with Crippen LogP contribution in [0.4, 0.5) is 0 Å². The number of hydrogen-bond donors (Lipinski definition) is 0. The second-order valence-electron chi connectivity index (χ2n) is 5.42. The molecule has 0 aliphatic rings. The van der Waals surface area contributed by atoms with Crippen LogP contribution in [0.5, 0.6) is 0 Å². The summed E-state index contributed by atoms with van der Waals surface area (Å²) in [6.07, 6.45) is 0.908. The second kappa shape index (κ2) is 7.41. The fourth-order valence-corrected chi connectivity index (χ4v) is 2.39. The first-order valence-electron chi connectivity index (χ1n) is 7.65. The van der Waals surface area contributed by atoms with Gasteiger partial charge in [-0.15, -0.1) is 0 Å². The smallest absolute Gasteiger partial charge is 0.338 e. The lowest BCUT2D eigenvalue weighted by Crippen LogP contribution is -2.04. The van der Waals surface area contributed by atoms with E-state index in [-0.39, 0.29) is 5.97 Å². The number of carbonyl (C=O) groups is 1. The van der Waals surface area contributed by atoms with Crippen molar-refractivity contribution in [2.75, 3.05) is 0 Å². The van der Waals surface area contributed by atoms with Gasteiger partial charge in [0.2, 0.25) is 0 Å². The summed E-state index contributed by atoms with van der Waals surface area (Å²) in [5.41, 5.74) is 4.10. The molecule has 0 aliphatic carbocycles. The van der Waals surface area contributed by atoms with Crippen LogP contribution in [-0.4, -0.2) is 5.97 Å². The van der Waals surface area contributed by atoms with Crippen molar-refractivity contribution in [2.24, 2.45) is 0 Å². The Balaban J connectivity index is 1.56. The summed E-state index contributed by atoms with van der Waals surface area (Å²) in [5.74, 6) is -0.293. The highest BCUT2D eigenvalue weighted by Crippen LogP contribution is 2.12. The minimum atomic E-state index is -0.293. The molecule has 0 bridgehead atoms. The van der Waals surface area contributed by atoms with Crippen LogP contribution in [0.15, 0.2) is 84.9 Å². The van der Waals surface area contributed by atoms with Crippen molar-refractivity contribution in [3.8, 4) is 0 Å². The third-order valence-corrected chi connectivity index (χ3v) is 3.65. The maximum Gasteiger partial charge on any atom is 0.338 e. The van der Waals surface area contributed by atoms with Gasteiger partial charge in [0.15, 0.2) is 0 Å². The van der Waals surface area contributed by atoms with E-state index in [2.05, 4.69) is 24.3 Å². The van der Waals surface area contributed by atoms with Crippen LogP contribution in [0.1, 0.15) is 27.0 Å². The number of ether oxygens (including phenoxy) is 1. The number of benzene rings is 3. The topological polar surface area (TPSA) is 26.3 Å². The van der Waals surface area contributed by atoms with E-state index in [1.165, 1.54) is 11.1 Å². The molecule has 0 heterocycles. The summed E-state index contributed by atoms with van der Waals surface area (Å²) in [5, 5.41) is 0. The summed E-state index contributed by atoms with van der Waals surface area (Å²) in [6.45, 7) is 0.291. The number of esters is 1. The predicted octanol–water partition coefficient (Wildman–Crippen LogP) is 4.63. The maximum absolute atomic E-state index is 11.9. The standard InChI is InChI=1S/C21H18O2/c22-21(20-9-5-2-6-10-20)23-16-19-13-11-18(12-14-19)15-17-7-3-1-4-8-17/h1-14H,15-16H2.